The molecule has 0 heterocycles. The lowest BCUT2D eigenvalue weighted by Crippen LogP contribution is -2.37. The fourth-order valence-corrected chi connectivity index (χ4v) is 9.51. The third-order valence-corrected chi connectivity index (χ3v) is 14.8. The number of hydrogen-bond acceptors (Lipinski definition) is 8. The summed E-state index contributed by atoms with van der Waals surface area (Å²) in [5.41, 5.74) is 0. The maximum absolute atomic E-state index is 12.9. The molecule has 0 saturated heterocycles. The Morgan fingerprint density at radius 3 is 0.952 bits per heavy atom. The largest absolute Gasteiger partial charge is 0.756 e. The normalized spacial score (nSPS) is 14.1. The Morgan fingerprint density at radius 1 is 0.369 bits per heavy atom. The zero-order valence-corrected chi connectivity index (χ0v) is 55.2. The van der Waals surface area contributed by atoms with Gasteiger partial charge in [-0.25, -0.2) is 0 Å². The number of phosphoric acid groups is 1. The van der Waals surface area contributed by atoms with Crippen LogP contribution in [0.2, 0.25) is 0 Å². The van der Waals surface area contributed by atoms with E-state index in [2.05, 4.69) is 160 Å². The number of ether oxygens (including phenoxy) is 2. The molecule has 0 N–H and O–H groups in total. The Hall–Kier alpha value is -4.11. The van der Waals surface area contributed by atoms with Gasteiger partial charge in [0.25, 0.3) is 7.82 Å². The van der Waals surface area contributed by atoms with E-state index < -0.39 is 32.5 Å². The summed E-state index contributed by atoms with van der Waals surface area (Å²) in [4.78, 5) is 38.0. The summed E-state index contributed by atoms with van der Waals surface area (Å²) in [5, 5.41) is 0. The maximum atomic E-state index is 12.9. The van der Waals surface area contributed by atoms with Crippen LogP contribution in [0.3, 0.4) is 0 Å². The van der Waals surface area contributed by atoms with Gasteiger partial charge in [0.2, 0.25) is 0 Å². The van der Waals surface area contributed by atoms with Crippen LogP contribution in [0.5, 0.6) is 0 Å². The molecule has 0 rings (SSSR count). The first-order valence-electron chi connectivity index (χ1n) is 33.5. The first-order valence-corrected chi connectivity index (χ1v) is 35.0. The van der Waals surface area contributed by atoms with Crippen molar-refractivity contribution in [2.45, 2.75) is 264 Å². The van der Waals surface area contributed by atoms with Crippen molar-refractivity contribution in [3.63, 3.8) is 0 Å². The van der Waals surface area contributed by atoms with Gasteiger partial charge >= 0.3 is 11.9 Å². The first-order chi connectivity index (χ1) is 41.0. The zero-order chi connectivity index (χ0) is 61.2. The second kappa shape index (κ2) is 63.4. The van der Waals surface area contributed by atoms with Gasteiger partial charge in [0, 0.05) is 12.8 Å². The highest BCUT2D eigenvalue weighted by molar-refractivity contribution is 7.45. The van der Waals surface area contributed by atoms with Crippen molar-refractivity contribution in [3.05, 3.63) is 146 Å². The van der Waals surface area contributed by atoms with Crippen LogP contribution in [0.15, 0.2) is 146 Å². The van der Waals surface area contributed by atoms with E-state index in [1.54, 1.807) is 0 Å². The molecule has 0 aromatic heterocycles. The van der Waals surface area contributed by atoms with Crippen molar-refractivity contribution in [1.82, 2.24) is 0 Å². The van der Waals surface area contributed by atoms with Crippen molar-refractivity contribution in [3.8, 4) is 0 Å². The van der Waals surface area contributed by atoms with E-state index in [1.165, 1.54) is 96.3 Å². The lowest BCUT2D eigenvalue weighted by molar-refractivity contribution is -0.870. The summed E-state index contributed by atoms with van der Waals surface area (Å²) >= 11 is 0. The van der Waals surface area contributed by atoms with E-state index in [4.69, 9.17) is 18.5 Å². The first kappa shape index (κ1) is 79.9. The smallest absolute Gasteiger partial charge is 0.306 e. The summed E-state index contributed by atoms with van der Waals surface area (Å²) in [6, 6.07) is 0. The van der Waals surface area contributed by atoms with Crippen LogP contribution >= 0.6 is 7.82 Å². The number of esters is 2. The molecule has 0 saturated carbocycles. The number of hydrogen-bond donors (Lipinski definition) is 0. The number of quaternary nitrogens is 1. The SMILES string of the molecule is CC/C=C\C/C=C\C/C=C\C/C=C\C/C=C\C/C=C\C/C=C\CCCCCCCCCCCCCCCC(=O)OC(COC(=O)CCCCCCCCCCC/C=C\C/C=C\C/C=C\C/C=C\C/C=C\CC)COP(=O)([O-])OCC[N+](C)(C)C. The molecule has 0 aliphatic carbocycles. The highest BCUT2D eigenvalue weighted by Gasteiger charge is 2.22. The predicted molar refractivity (Wildman–Crippen MR) is 360 cm³/mol. The van der Waals surface area contributed by atoms with Crippen LogP contribution in [0.25, 0.3) is 0 Å². The number of carbonyl (C=O) groups is 2. The fourth-order valence-electron chi connectivity index (χ4n) is 8.78. The van der Waals surface area contributed by atoms with Crippen molar-refractivity contribution in [2.24, 2.45) is 0 Å². The average molecular weight is 1190 g/mol. The van der Waals surface area contributed by atoms with Crippen LogP contribution in [-0.2, 0) is 32.7 Å². The molecule has 0 spiro atoms. The van der Waals surface area contributed by atoms with Crippen LogP contribution < -0.4 is 4.89 Å². The Bertz CT molecular complexity index is 1930. The topological polar surface area (TPSA) is 111 Å². The monoisotopic (exact) mass is 1190 g/mol. The zero-order valence-electron chi connectivity index (χ0n) is 54.3. The summed E-state index contributed by atoms with van der Waals surface area (Å²) in [5.74, 6) is -0.846. The van der Waals surface area contributed by atoms with Gasteiger partial charge in [-0.15, -0.1) is 0 Å². The van der Waals surface area contributed by atoms with Gasteiger partial charge in [-0.3, -0.25) is 14.2 Å². The van der Waals surface area contributed by atoms with Crippen molar-refractivity contribution in [1.29, 1.82) is 0 Å². The van der Waals surface area contributed by atoms with Crippen LogP contribution in [0, 0.1) is 0 Å². The number of unbranched alkanes of at least 4 members (excludes halogenated alkanes) is 22. The molecule has 0 radical (unpaired) electrons. The van der Waals surface area contributed by atoms with Crippen molar-refractivity contribution < 1.29 is 42.1 Å². The van der Waals surface area contributed by atoms with Gasteiger partial charge in [0.05, 0.1) is 27.7 Å². The van der Waals surface area contributed by atoms with Crippen LogP contribution in [0.4, 0.5) is 0 Å². The Labute approximate surface area is 516 Å². The third kappa shape index (κ3) is 67.0. The second-order valence-electron chi connectivity index (χ2n) is 23.1. The highest BCUT2D eigenvalue weighted by atomic mass is 31.2. The highest BCUT2D eigenvalue weighted by Crippen LogP contribution is 2.38. The molecule has 2 unspecified atom stereocenters. The molecule has 2 atom stereocenters. The summed E-state index contributed by atoms with van der Waals surface area (Å²) in [6.07, 6.45) is 93.4. The number of likely N-dealkylation sites (N-methyl/N-ethyl adjacent to an activating group) is 1. The number of rotatable bonds is 60. The molecule has 0 aromatic rings. The van der Waals surface area contributed by atoms with E-state index in [1.807, 2.05) is 21.1 Å². The Kier molecular flexibility index (Phi) is 60.3. The minimum absolute atomic E-state index is 0.0388. The number of phosphoric ester groups is 1. The van der Waals surface area contributed by atoms with Gasteiger partial charge < -0.3 is 27.9 Å². The van der Waals surface area contributed by atoms with Gasteiger partial charge in [0.15, 0.2) is 6.10 Å². The van der Waals surface area contributed by atoms with Gasteiger partial charge in [-0.2, -0.15) is 0 Å². The quantitative estimate of drug-likeness (QED) is 0.0195. The Balaban J connectivity index is 4.12. The van der Waals surface area contributed by atoms with Crippen LogP contribution in [0.1, 0.15) is 258 Å². The molecule has 0 amide bonds. The third-order valence-electron chi connectivity index (χ3n) is 13.9. The summed E-state index contributed by atoms with van der Waals surface area (Å²) in [6.45, 7) is 4.00. The minimum Gasteiger partial charge on any atom is -0.756 e. The number of carbonyl (C=O) groups excluding carboxylic acids is 2. The molecule has 0 aliphatic rings. The van der Waals surface area contributed by atoms with Crippen molar-refractivity contribution >= 4 is 19.8 Å². The minimum atomic E-state index is -4.65. The lowest BCUT2D eigenvalue weighted by atomic mass is 10.0. The van der Waals surface area contributed by atoms with Gasteiger partial charge in [-0.05, 0) is 116 Å². The van der Waals surface area contributed by atoms with E-state index in [9.17, 15) is 19.0 Å². The molecule has 0 fully saturated rings. The van der Waals surface area contributed by atoms with E-state index in [-0.39, 0.29) is 26.1 Å². The standard InChI is InChI=1S/C74H124NO8P/c1-6-8-10-12-14-16-18-20-22-24-26-28-30-32-33-34-35-36-37-38-39-40-41-43-45-47-49-51-53-55-57-59-61-63-65-67-74(77)83-72(71-82-84(78,79)81-69-68-75(3,4)5)70-80-73(76)66-64-62-60-58-56-54-52-50-48-46-44-42-31-29-27-25-23-21-19-17-15-13-11-9-7-2/h8-11,14-17,20-23,26-29,32-33,35-36,38-39,42,44,72H,6-7,12-13,18-19,24-25,30-31,34,37,40-41,43,45-71H2,1-5H3/b10-8-,11-9-,16-14-,17-15-,22-20-,23-21-,28-26-,29-27-,33-32-,36-35-,39-38-,44-42-. The summed E-state index contributed by atoms with van der Waals surface area (Å²) < 4.78 is 34.3. The average Bonchev–Trinajstić information content (AvgIpc) is 3.61. The Morgan fingerprint density at radius 2 is 0.643 bits per heavy atom. The molecule has 478 valence electrons. The molecule has 9 nitrogen and oxygen atoms in total. The van der Waals surface area contributed by atoms with Gasteiger partial charge in [-0.1, -0.05) is 275 Å². The maximum Gasteiger partial charge on any atom is 0.306 e. The van der Waals surface area contributed by atoms with Gasteiger partial charge in [0.1, 0.15) is 19.8 Å². The molecule has 10 heteroatoms. The number of allylic oxidation sites excluding steroid dienone is 24. The molecular weight excluding hydrogens is 1060 g/mol. The molecule has 0 aromatic carbocycles. The molecule has 0 aliphatic heterocycles. The lowest BCUT2D eigenvalue weighted by Gasteiger charge is -2.28. The van der Waals surface area contributed by atoms with Crippen LogP contribution in [-0.4, -0.2) is 70.0 Å². The molecule has 84 heavy (non-hydrogen) atoms. The fraction of sp³-hybridized carbons (Fsp3) is 0.649. The van der Waals surface area contributed by atoms with E-state index in [0.29, 0.717) is 17.4 Å². The van der Waals surface area contributed by atoms with Crippen molar-refractivity contribution in [2.75, 3.05) is 47.5 Å². The number of nitrogens with zero attached hydrogens (tertiary/aromatic N) is 1. The molecular formula is C74H124NO8P. The van der Waals surface area contributed by atoms with E-state index in [0.717, 1.165) is 128 Å². The summed E-state index contributed by atoms with van der Waals surface area (Å²) in [7, 11) is 1.15. The predicted octanol–water partition coefficient (Wildman–Crippen LogP) is 21.2. The molecule has 0 bridgehead atoms. The second-order valence-corrected chi connectivity index (χ2v) is 24.5. The van der Waals surface area contributed by atoms with E-state index >= 15 is 0 Å².